The van der Waals surface area contributed by atoms with E-state index in [0.717, 1.165) is 24.2 Å². The Labute approximate surface area is 79.8 Å². The SMILES string of the molecule is CC1=CC[C@@]2(CO)[C@@H]3CCC[C@@H]3[C@@H]12. The summed E-state index contributed by atoms with van der Waals surface area (Å²) in [6, 6.07) is 0. The number of aliphatic hydroxyl groups excluding tert-OH is 1. The minimum Gasteiger partial charge on any atom is -0.396 e. The Morgan fingerprint density at radius 2 is 2.38 bits per heavy atom. The molecule has 0 aromatic heterocycles. The predicted octanol–water partition coefficient (Wildman–Crippen LogP) is 2.36. The van der Waals surface area contributed by atoms with Crippen LogP contribution in [-0.2, 0) is 0 Å². The molecule has 0 saturated heterocycles. The highest BCUT2D eigenvalue weighted by Gasteiger charge is 2.63. The molecule has 0 spiro atoms. The van der Waals surface area contributed by atoms with Crippen molar-refractivity contribution >= 4 is 0 Å². The molecule has 3 aliphatic carbocycles. The minimum atomic E-state index is 0.311. The summed E-state index contributed by atoms with van der Waals surface area (Å²) in [6.45, 7) is 2.68. The van der Waals surface area contributed by atoms with E-state index >= 15 is 0 Å². The molecule has 0 unspecified atom stereocenters. The van der Waals surface area contributed by atoms with Crippen LogP contribution in [0, 0.1) is 23.2 Å². The summed E-state index contributed by atoms with van der Waals surface area (Å²) in [7, 11) is 0. The zero-order valence-corrected chi connectivity index (χ0v) is 8.29. The number of aliphatic hydroxyl groups is 1. The molecule has 3 rings (SSSR count). The van der Waals surface area contributed by atoms with Gasteiger partial charge < -0.3 is 5.11 Å². The molecule has 72 valence electrons. The lowest BCUT2D eigenvalue weighted by molar-refractivity contribution is -0.105. The molecule has 2 saturated carbocycles. The zero-order valence-electron chi connectivity index (χ0n) is 8.29. The minimum absolute atomic E-state index is 0.311. The molecular weight excluding hydrogens is 160 g/mol. The van der Waals surface area contributed by atoms with Crippen LogP contribution in [0.15, 0.2) is 11.6 Å². The largest absolute Gasteiger partial charge is 0.396 e. The van der Waals surface area contributed by atoms with Crippen LogP contribution in [-0.4, -0.2) is 11.7 Å². The van der Waals surface area contributed by atoms with Crippen LogP contribution in [0.3, 0.4) is 0 Å². The summed E-state index contributed by atoms with van der Waals surface area (Å²) in [5, 5.41) is 9.58. The molecule has 13 heavy (non-hydrogen) atoms. The molecule has 0 aromatic rings. The normalized spacial score (nSPS) is 52.5. The Morgan fingerprint density at radius 1 is 1.54 bits per heavy atom. The van der Waals surface area contributed by atoms with Gasteiger partial charge in [-0.3, -0.25) is 0 Å². The topological polar surface area (TPSA) is 20.2 Å². The Balaban J connectivity index is 1.95. The van der Waals surface area contributed by atoms with Crippen LogP contribution >= 0.6 is 0 Å². The number of rotatable bonds is 1. The third-order valence-electron chi connectivity index (χ3n) is 4.94. The molecule has 1 N–H and O–H groups in total. The molecule has 0 aromatic carbocycles. The molecule has 0 amide bonds. The van der Waals surface area contributed by atoms with Gasteiger partial charge in [0.2, 0.25) is 0 Å². The smallest absolute Gasteiger partial charge is 0.0499 e. The van der Waals surface area contributed by atoms with Gasteiger partial charge in [0.25, 0.3) is 0 Å². The first-order valence-electron chi connectivity index (χ1n) is 5.57. The van der Waals surface area contributed by atoms with Gasteiger partial charge in [-0.2, -0.15) is 0 Å². The van der Waals surface area contributed by atoms with Crippen molar-refractivity contribution in [3.8, 4) is 0 Å². The van der Waals surface area contributed by atoms with Crippen molar-refractivity contribution in [1.29, 1.82) is 0 Å². The average molecular weight is 178 g/mol. The Morgan fingerprint density at radius 3 is 3.15 bits per heavy atom. The van der Waals surface area contributed by atoms with Crippen molar-refractivity contribution in [2.75, 3.05) is 6.61 Å². The fraction of sp³-hybridized carbons (Fsp3) is 0.833. The Kier molecular flexibility index (Phi) is 1.48. The monoisotopic (exact) mass is 178 g/mol. The number of fused-ring (bicyclic) bond motifs is 4. The standard InChI is InChI=1S/C12H18O/c1-8-5-6-12(7-13)10-4-2-3-9(10)11(8)12/h5,9-11,13H,2-4,6-7H2,1H3/t9-,10+,11+,12+/m0/s1. The fourth-order valence-electron chi connectivity index (χ4n) is 4.47. The second-order valence-electron chi connectivity index (χ2n) is 5.22. The second kappa shape index (κ2) is 2.38. The van der Waals surface area contributed by atoms with Crippen molar-refractivity contribution in [3.63, 3.8) is 0 Å². The van der Waals surface area contributed by atoms with Gasteiger partial charge >= 0.3 is 0 Å². The quantitative estimate of drug-likeness (QED) is 0.611. The molecule has 2 fully saturated rings. The lowest BCUT2D eigenvalue weighted by Crippen LogP contribution is -2.54. The van der Waals surface area contributed by atoms with Crippen molar-refractivity contribution in [3.05, 3.63) is 11.6 Å². The highest BCUT2D eigenvalue weighted by molar-refractivity contribution is 5.29. The molecule has 1 nitrogen and oxygen atoms in total. The molecule has 0 aliphatic heterocycles. The van der Waals surface area contributed by atoms with Crippen molar-refractivity contribution in [2.24, 2.45) is 23.2 Å². The average Bonchev–Trinajstić information content (AvgIpc) is 2.61. The first-order valence-corrected chi connectivity index (χ1v) is 5.57. The summed E-state index contributed by atoms with van der Waals surface area (Å²) >= 11 is 0. The van der Waals surface area contributed by atoms with Crippen molar-refractivity contribution < 1.29 is 5.11 Å². The van der Waals surface area contributed by atoms with Gasteiger partial charge in [-0.1, -0.05) is 18.1 Å². The van der Waals surface area contributed by atoms with E-state index in [-0.39, 0.29) is 0 Å². The summed E-state index contributed by atoms with van der Waals surface area (Å²) < 4.78 is 0. The van der Waals surface area contributed by atoms with Crippen LogP contribution < -0.4 is 0 Å². The van der Waals surface area contributed by atoms with E-state index in [1.165, 1.54) is 19.3 Å². The summed E-state index contributed by atoms with van der Waals surface area (Å²) in [6.07, 6.45) is 7.73. The summed E-state index contributed by atoms with van der Waals surface area (Å²) in [5.74, 6) is 2.55. The number of allylic oxidation sites excluding steroid dienone is 2. The molecule has 4 atom stereocenters. The van der Waals surface area contributed by atoms with E-state index in [4.69, 9.17) is 0 Å². The van der Waals surface area contributed by atoms with Crippen LogP contribution in [0.2, 0.25) is 0 Å². The van der Waals surface area contributed by atoms with Crippen molar-refractivity contribution in [2.45, 2.75) is 32.6 Å². The highest BCUT2D eigenvalue weighted by Crippen LogP contribution is 2.69. The van der Waals surface area contributed by atoms with Gasteiger partial charge in [0, 0.05) is 12.0 Å². The van der Waals surface area contributed by atoms with Gasteiger partial charge in [-0.15, -0.1) is 0 Å². The van der Waals surface area contributed by atoms with Crippen LogP contribution in [0.1, 0.15) is 32.6 Å². The highest BCUT2D eigenvalue weighted by atomic mass is 16.3. The number of hydrogen-bond donors (Lipinski definition) is 1. The van der Waals surface area contributed by atoms with Crippen LogP contribution in [0.5, 0.6) is 0 Å². The predicted molar refractivity (Wildman–Crippen MR) is 52.2 cm³/mol. The van der Waals surface area contributed by atoms with E-state index in [9.17, 15) is 5.11 Å². The molecule has 0 heterocycles. The molecule has 1 heteroatoms. The van der Waals surface area contributed by atoms with Gasteiger partial charge in [0.05, 0.1) is 0 Å². The lowest BCUT2D eigenvalue weighted by Gasteiger charge is -2.56. The first-order chi connectivity index (χ1) is 6.29. The second-order valence-corrected chi connectivity index (χ2v) is 5.22. The van der Waals surface area contributed by atoms with Gasteiger partial charge in [0.15, 0.2) is 0 Å². The van der Waals surface area contributed by atoms with Crippen LogP contribution in [0.4, 0.5) is 0 Å². The van der Waals surface area contributed by atoms with Gasteiger partial charge in [-0.25, -0.2) is 0 Å². The molecule has 0 radical (unpaired) electrons. The summed E-state index contributed by atoms with van der Waals surface area (Å²) in [4.78, 5) is 0. The Bertz CT molecular complexity index is 268. The fourth-order valence-corrected chi connectivity index (χ4v) is 4.47. The van der Waals surface area contributed by atoms with Crippen molar-refractivity contribution in [1.82, 2.24) is 0 Å². The maximum absolute atomic E-state index is 9.58. The Hall–Kier alpha value is -0.300. The lowest BCUT2D eigenvalue weighted by atomic mass is 9.48. The third-order valence-corrected chi connectivity index (χ3v) is 4.94. The maximum Gasteiger partial charge on any atom is 0.0499 e. The van der Waals surface area contributed by atoms with E-state index < -0.39 is 0 Å². The maximum atomic E-state index is 9.58. The van der Waals surface area contributed by atoms with E-state index in [1.54, 1.807) is 5.57 Å². The van der Waals surface area contributed by atoms with E-state index in [2.05, 4.69) is 13.0 Å². The van der Waals surface area contributed by atoms with E-state index in [0.29, 0.717) is 12.0 Å². The zero-order chi connectivity index (χ0) is 9.05. The summed E-state index contributed by atoms with van der Waals surface area (Å²) in [5.41, 5.74) is 1.88. The van der Waals surface area contributed by atoms with Crippen LogP contribution in [0.25, 0.3) is 0 Å². The molecular formula is C12H18O. The molecule has 0 bridgehead atoms. The van der Waals surface area contributed by atoms with E-state index in [1.807, 2.05) is 0 Å². The van der Waals surface area contributed by atoms with Gasteiger partial charge in [0.1, 0.15) is 0 Å². The third kappa shape index (κ3) is 0.735. The number of hydrogen-bond acceptors (Lipinski definition) is 1. The first kappa shape index (κ1) is 8.05. The molecule has 3 aliphatic rings. The van der Waals surface area contributed by atoms with Gasteiger partial charge in [-0.05, 0) is 43.9 Å².